The maximum Gasteiger partial charge on any atom is 0.262 e. The molecular weight excluding hydrogens is 378 g/mol. The Bertz CT molecular complexity index is 1490. The zero-order valence-corrected chi connectivity index (χ0v) is 15.7. The number of carbonyl (C=O) groups is 1. The third-order valence-corrected chi connectivity index (χ3v) is 4.87. The van der Waals surface area contributed by atoms with Crippen molar-refractivity contribution in [2.24, 2.45) is 5.73 Å². The molecule has 7 nitrogen and oxygen atoms in total. The van der Waals surface area contributed by atoms with E-state index in [4.69, 9.17) is 10.7 Å². The Kier molecular flexibility index (Phi) is 4.07. The van der Waals surface area contributed by atoms with E-state index in [0.717, 1.165) is 22.0 Å². The van der Waals surface area contributed by atoms with Crippen LogP contribution in [0, 0.1) is 0 Å². The van der Waals surface area contributed by atoms with Crippen molar-refractivity contribution >= 4 is 28.0 Å². The molecule has 0 atom stereocenters. The van der Waals surface area contributed by atoms with Gasteiger partial charge in [-0.1, -0.05) is 42.5 Å². The molecule has 3 N–H and O–H groups in total. The van der Waals surface area contributed by atoms with Crippen molar-refractivity contribution in [1.29, 1.82) is 0 Å². The lowest BCUT2D eigenvalue weighted by molar-refractivity contribution is 0.0999. The van der Waals surface area contributed by atoms with Crippen LogP contribution < -0.4 is 11.3 Å². The summed E-state index contributed by atoms with van der Waals surface area (Å²) >= 11 is 0. The summed E-state index contributed by atoms with van der Waals surface area (Å²) < 4.78 is 0. The summed E-state index contributed by atoms with van der Waals surface area (Å²) in [5, 5.41) is 0.968. The number of hydrogen-bond donors (Lipinski definition) is 2. The number of primary amides is 1. The van der Waals surface area contributed by atoms with Crippen LogP contribution >= 0.6 is 0 Å². The first-order chi connectivity index (χ1) is 14.6. The molecule has 0 aliphatic heterocycles. The van der Waals surface area contributed by atoms with E-state index in [1.807, 2.05) is 60.7 Å². The van der Waals surface area contributed by atoms with E-state index < -0.39 is 11.5 Å². The lowest BCUT2D eigenvalue weighted by Gasteiger charge is -2.11. The minimum atomic E-state index is -0.814. The van der Waals surface area contributed by atoms with E-state index in [-0.39, 0.29) is 11.2 Å². The number of aromatic nitrogens is 4. The van der Waals surface area contributed by atoms with Crippen LogP contribution in [0.15, 0.2) is 77.7 Å². The van der Waals surface area contributed by atoms with Crippen LogP contribution in [0.1, 0.15) is 10.4 Å². The van der Waals surface area contributed by atoms with Crippen molar-refractivity contribution in [1.82, 2.24) is 19.9 Å². The number of pyridine rings is 2. The average Bonchev–Trinajstić information content (AvgIpc) is 2.78. The van der Waals surface area contributed by atoms with E-state index in [2.05, 4.69) is 15.0 Å². The van der Waals surface area contributed by atoms with E-state index in [1.54, 1.807) is 6.20 Å². The fourth-order valence-corrected chi connectivity index (χ4v) is 3.42. The van der Waals surface area contributed by atoms with Gasteiger partial charge in [0.25, 0.3) is 11.5 Å². The number of hydrogen-bond acceptors (Lipinski definition) is 5. The monoisotopic (exact) mass is 393 g/mol. The van der Waals surface area contributed by atoms with Crippen molar-refractivity contribution in [2.75, 3.05) is 0 Å². The Morgan fingerprint density at radius 3 is 2.43 bits per heavy atom. The first kappa shape index (κ1) is 17.7. The number of rotatable bonds is 3. The Labute approximate surface area is 170 Å². The quantitative estimate of drug-likeness (QED) is 0.488. The predicted octanol–water partition coefficient (Wildman–Crippen LogP) is 3.30. The largest absolute Gasteiger partial charge is 0.365 e. The molecule has 5 aromatic rings. The maximum atomic E-state index is 12.2. The number of nitrogens with two attached hydrogens (primary N) is 1. The van der Waals surface area contributed by atoms with Crippen LogP contribution in [0.2, 0.25) is 0 Å². The smallest absolute Gasteiger partial charge is 0.262 e. The summed E-state index contributed by atoms with van der Waals surface area (Å²) in [6, 6.07) is 20.7. The fourth-order valence-electron chi connectivity index (χ4n) is 3.42. The SMILES string of the molecule is NC(=O)c1cc2nc(-c3ccc4ncccc4c3)c(-c3ccccc3)nc2[nH]c1=O. The Morgan fingerprint density at radius 1 is 0.833 bits per heavy atom. The molecule has 30 heavy (non-hydrogen) atoms. The number of aromatic amines is 1. The normalized spacial score (nSPS) is 11.1. The standard InChI is InChI=1S/C23H15N5O2/c24-21(29)16-12-18-22(28-23(16)30)27-19(13-5-2-1-3-6-13)20(26-18)15-8-9-17-14(11-15)7-4-10-25-17/h1-12H,(H2,24,29)(H,27,28,30). The second-order valence-corrected chi connectivity index (χ2v) is 6.81. The fraction of sp³-hybridized carbons (Fsp3) is 0. The van der Waals surface area contributed by atoms with Gasteiger partial charge in [-0.05, 0) is 24.3 Å². The lowest BCUT2D eigenvalue weighted by atomic mass is 10.0. The first-order valence-corrected chi connectivity index (χ1v) is 9.25. The van der Waals surface area contributed by atoms with Crippen molar-refractivity contribution in [3.05, 3.63) is 88.8 Å². The zero-order valence-electron chi connectivity index (χ0n) is 15.7. The van der Waals surface area contributed by atoms with Gasteiger partial charge in [0.15, 0.2) is 5.65 Å². The number of nitrogens with zero attached hydrogens (tertiary/aromatic N) is 3. The predicted molar refractivity (Wildman–Crippen MR) is 115 cm³/mol. The first-order valence-electron chi connectivity index (χ1n) is 9.25. The minimum absolute atomic E-state index is 0.155. The third-order valence-electron chi connectivity index (χ3n) is 4.87. The Morgan fingerprint density at radius 2 is 1.63 bits per heavy atom. The van der Waals surface area contributed by atoms with Gasteiger partial charge in [0.2, 0.25) is 0 Å². The van der Waals surface area contributed by atoms with Gasteiger partial charge >= 0.3 is 0 Å². The van der Waals surface area contributed by atoms with Gasteiger partial charge in [-0.25, -0.2) is 9.97 Å². The van der Waals surface area contributed by atoms with Gasteiger partial charge < -0.3 is 10.7 Å². The zero-order chi connectivity index (χ0) is 20.7. The molecule has 0 saturated carbocycles. The van der Waals surface area contributed by atoms with Gasteiger partial charge in [-0.2, -0.15) is 0 Å². The highest BCUT2D eigenvalue weighted by molar-refractivity contribution is 5.96. The van der Waals surface area contributed by atoms with Crippen molar-refractivity contribution in [3.63, 3.8) is 0 Å². The van der Waals surface area contributed by atoms with Crippen molar-refractivity contribution in [3.8, 4) is 22.5 Å². The summed E-state index contributed by atoms with van der Waals surface area (Å²) in [6.45, 7) is 0. The number of H-pyrrole nitrogens is 1. The molecule has 0 radical (unpaired) electrons. The molecule has 144 valence electrons. The summed E-state index contributed by atoms with van der Waals surface area (Å²) in [6.07, 6.45) is 1.74. The van der Waals surface area contributed by atoms with Gasteiger partial charge in [0.05, 0.1) is 16.9 Å². The van der Waals surface area contributed by atoms with Crippen LogP contribution in [0.25, 0.3) is 44.6 Å². The highest BCUT2D eigenvalue weighted by Gasteiger charge is 2.16. The molecule has 0 bridgehead atoms. The van der Waals surface area contributed by atoms with Crippen molar-refractivity contribution < 1.29 is 4.79 Å². The second-order valence-electron chi connectivity index (χ2n) is 6.81. The van der Waals surface area contributed by atoms with Gasteiger partial charge in [-0.15, -0.1) is 0 Å². The molecule has 0 fully saturated rings. The number of benzene rings is 2. The minimum Gasteiger partial charge on any atom is -0.365 e. The number of fused-ring (bicyclic) bond motifs is 2. The van der Waals surface area contributed by atoms with Crippen LogP contribution in [0.3, 0.4) is 0 Å². The van der Waals surface area contributed by atoms with E-state index in [1.165, 1.54) is 6.07 Å². The molecule has 7 heteroatoms. The Balaban J connectivity index is 1.83. The molecule has 0 unspecified atom stereocenters. The second kappa shape index (κ2) is 6.89. The van der Waals surface area contributed by atoms with Crippen LogP contribution in [-0.2, 0) is 0 Å². The van der Waals surface area contributed by atoms with Crippen LogP contribution in [0.4, 0.5) is 0 Å². The average molecular weight is 393 g/mol. The highest BCUT2D eigenvalue weighted by atomic mass is 16.2. The maximum absolute atomic E-state index is 12.2. The molecule has 1 amide bonds. The van der Waals surface area contributed by atoms with Crippen LogP contribution in [0.5, 0.6) is 0 Å². The molecular formula is C23H15N5O2. The molecule has 2 aromatic carbocycles. The molecule has 0 saturated heterocycles. The molecule has 0 spiro atoms. The summed E-state index contributed by atoms with van der Waals surface area (Å²) in [5.41, 5.74) is 9.06. The van der Waals surface area contributed by atoms with Gasteiger partial charge in [0, 0.05) is 22.7 Å². The summed E-state index contributed by atoms with van der Waals surface area (Å²) in [4.78, 5) is 40.2. The highest BCUT2D eigenvalue weighted by Crippen LogP contribution is 2.31. The van der Waals surface area contributed by atoms with Crippen LogP contribution in [-0.4, -0.2) is 25.8 Å². The molecule has 0 aliphatic rings. The van der Waals surface area contributed by atoms with E-state index in [0.29, 0.717) is 16.9 Å². The molecule has 3 heterocycles. The van der Waals surface area contributed by atoms with Crippen molar-refractivity contribution in [2.45, 2.75) is 0 Å². The number of carbonyl (C=O) groups excluding carboxylic acids is 1. The van der Waals surface area contributed by atoms with E-state index in [9.17, 15) is 9.59 Å². The molecule has 0 aliphatic carbocycles. The Hall–Kier alpha value is -4.39. The number of amides is 1. The third kappa shape index (κ3) is 2.98. The topological polar surface area (TPSA) is 115 Å². The lowest BCUT2D eigenvalue weighted by Crippen LogP contribution is -2.23. The van der Waals surface area contributed by atoms with Gasteiger partial charge in [-0.3, -0.25) is 14.6 Å². The summed E-state index contributed by atoms with van der Waals surface area (Å²) in [7, 11) is 0. The van der Waals surface area contributed by atoms with Gasteiger partial charge in [0.1, 0.15) is 11.1 Å². The number of nitrogens with one attached hydrogen (secondary N) is 1. The van der Waals surface area contributed by atoms with E-state index >= 15 is 0 Å². The summed E-state index contributed by atoms with van der Waals surface area (Å²) in [5.74, 6) is -0.814. The molecule has 3 aromatic heterocycles. The molecule has 5 rings (SSSR count).